The van der Waals surface area contributed by atoms with E-state index in [9.17, 15) is 13.2 Å². The van der Waals surface area contributed by atoms with E-state index in [2.05, 4.69) is 4.72 Å². The Kier molecular flexibility index (Phi) is 5.18. The summed E-state index contributed by atoms with van der Waals surface area (Å²) in [5.41, 5.74) is 1.79. The molecule has 1 aromatic heterocycles. The van der Waals surface area contributed by atoms with Gasteiger partial charge in [-0.1, -0.05) is 18.2 Å². The Labute approximate surface area is 150 Å². The molecule has 1 N–H and O–H groups in total. The van der Waals surface area contributed by atoms with Crippen LogP contribution in [0.1, 0.15) is 34.1 Å². The Bertz CT molecular complexity index is 928. The van der Waals surface area contributed by atoms with Crippen LogP contribution in [-0.2, 0) is 31.7 Å². The van der Waals surface area contributed by atoms with Crippen LogP contribution >= 0.6 is 11.3 Å². The summed E-state index contributed by atoms with van der Waals surface area (Å²) in [6, 6.07) is 10.4. The Morgan fingerprint density at radius 1 is 1.36 bits per heavy atom. The summed E-state index contributed by atoms with van der Waals surface area (Å²) < 4.78 is 32.2. The van der Waals surface area contributed by atoms with Gasteiger partial charge in [-0.3, -0.25) is 9.52 Å². The van der Waals surface area contributed by atoms with Gasteiger partial charge in [-0.25, -0.2) is 8.42 Å². The van der Waals surface area contributed by atoms with Crippen molar-refractivity contribution >= 4 is 27.3 Å². The molecule has 1 aliphatic rings. The van der Waals surface area contributed by atoms with Crippen LogP contribution in [0.25, 0.3) is 0 Å². The highest BCUT2D eigenvalue weighted by atomic mass is 32.2. The van der Waals surface area contributed by atoms with Crippen LogP contribution in [0.2, 0.25) is 0 Å². The number of carbonyl (C=O) groups is 1. The van der Waals surface area contributed by atoms with Crippen molar-refractivity contribution in [2.24, 2.45) is 0 Å². The molecule has 1 aromatic carbocycles. The fourth-order valence-electron chi connectivity index (χ4n) is 2.75. The molecule has 1 atom stereocenters. The first-order valence-corrected chi connectivity index (χ1v) is 10.2. The summed E-state index contributed by atoms with van der Waals surface area (Å²) in [7, 11) is -3.88. The van der Waals surface area contributed by atoms with Crippen LogP contribution in [0.15, 0.2) is 35.7 Å². The smallest absolute Gasteiger partial charge is 0.239 e. The second-order valence-corrected chi connectivity index (χ2v) is 8.35. The number of fused-ring (bicyclic) bond motifs is 1. The van der Waals surface area contributed by atoms with Gasteiger partial charge in [-0.2, -0.15) is 5.26 Å². The van der Waals surface area contributed by atoms with Gasteiger partial charge in [-0.05, 0) is 35.1 Å². The van der Waals surface area contributed by atoms with Gasteiger partial charge in [0, 0.05) is 4.88 Å². The normalized spacial score (nSPS) is 16.7. The van der Waals surface area contributed by atoms with Gasteiger partial charge >= 0.3 is 0 Å². The monoisotopic (exact) mass is 376 g/mol. The average molecular weight is 376 g/mol. The van der Waals surface area contributed by atoms with Crippen molar-refractivity contribution < 1.29 is 17.9 Å². The molecule has 0 aliphatic carbocycles. The number of ether oxygens (including phenoxy) is 1. The van der Waals surface area contributed by atoms with Crippen LogP contribution in [0.4, 0.5) is 0 Å². The van der Waals surface area contributed by atoms with Gasteiger partial charge in [0.15, 0.2) is 0 Å². The Morgan fingerprint density at radius 2 is 2.16 bits per heavy atom. The molecule has 0 saturated heterocycles. The minimum atomic E-state index is -3.88. The van der Waals surface area contributed by atoms with Crippen LogP contribution in [0.5, 0.6) is 0 Å². The van der Waals surface area contributed by atoms with Crippen molar-refractivity contribution in [1.82, 2.24) is 4.72 Å². The minimum Gasteiger partial charge on any atom is -0.372 e. The molecule has 25 heavy (non-hydrogen) atoms. The van der Waals surface area contributed by atoms with Crippen LogP contribution in [-0.4, -0.2) is 20.9 Å². The van der Waals surface area contributed by atoms with E-state index in [1.54, 1.807) is 24.3 Å². The van der Waals surface area contributed by atoms with E-state index in [-0.39, 0.29) is 12.0 Å². The molecular weight excluding hydrogens is 360 g/mol. The summed E-state index contributed by atoms with van der Waals surface area (Å²) >= 11 is 1.51. The molecule has 130 valence electrons. The summed E-state index contributed by atoms with van der Waals surface area (Å²) in [4.78, 5) is 13.2. The van der Waals surface area contributed by atoms with Gasteiger partial charge < -0.3 is 4.74 Å². The Morgan fingerprint density at radius 3 is 2.96 bits per heavy atom. The second kappa shape index (κ2) is 7.35. The fraction of sp³-hybridized carbons (Fsp3) is 0.294. The average Bonchev–Trinajstić information content (AvgIpc) is 3.04. The highest BCUT2D eigenvalue weighted by Gasteiger charge is 2.26. The number of sulfonamides is 1. The SMILES string of the molecule is N#Cc1ccccc1CS(=O)(=O)NC(=O)C[C@@H]1OCCc2ccsc21. The molecule has 8 heteroatoms. The van der Waals surface area contributed by atoms with Gasteiger partial charge in [0.05, 0.1) is 30.4 Å². The van der Waals surface area contributed by atoms with Crippen molar-refractivity contribution in [2.75, 3.05) is 6.61 Å². The van der Waals surface area contributed by atoms with Gasteiger partial charge in [0.25, 0.3) is 0 Å². The van der Waals surface area contributed by atoms with E-state index in [0.717, 1.165) is 16.9 Å². The Balaban J connectivity index is 1.66. The second-order valence-electron chi connectivity index (χ2n) is 5.68. The summed E-state index contributed by atoms with van der Waals surface area (Å²) in [5, 5.41) is 11.0. The lowest BCUT2D eigenvalue weighted by atomic mass is 10.1. The number of nitriles is 1. The van der Waals surface area contributed by atoms with Crippen LogP contribution in [0.3, 0.4) is 0 Å². The Hall–Kier alpha value is -2.21. The standard InChI is InChI=1S/C17H16N2O4S2/c18-10-13-3-1-2-4-14(13)11-25(21,22)19-16(20)9-15-17-12(5-7-23-15)6-8-24-17/h1-4,6,8,15H,5,7,9,11H2,(H,19,20)/t15-/m0/s1. The zero-order chi connectivity index (χ0) is 17.9. The number of nitrogens with zero attached hydrogens (tertiary/aromatic N) is 1. The van der Waals surface area contributed by atoms with Crippen molar-refractivity contribution in [3.63, 3.8) is 0 Å². The molecule has 1 amide bonds. The third kappa shape index (κ3) is 4.25. The molecule has 3 rings (SSSR count). The lowest BCUT2D eigenvalue weighted by Gasteiger charge is -2.22. The molecule has 0 unspecified atom stereocenters. The summed E-state index contributed by atoms with van der Waals surface area (Å²) in [6.07, 6.45) is 0.345. The number of carbonyl (C=O) groups excluding carboxylic acids is 1. The molecule has 6 nitrogen and oxygen atoms in total. The number of nitrogens with one attached hydrogen (secondary N) is 1. The first-order chi connectivity index (χ1) is 12.0. The van der Waals surface area contributed by atoms with E-state index in [0.29, 0.717) is 12.2 Å². The summed E-state index contributed by atoms with van der Waals surface area (Å²) in [6.45, 7) is 0.518. The molecule has 2 heterocycles. The minimum absolute atomic E-state index is 0.0490. The molecule has 2 aromatic rings. The number of benzene rings is 1. The maximum atomic E-state index is 12.2. The molecule has 0 radical (unpaired) electrons. The highest BCUT2D eigenvalue weighted by molar-refractivity contribution is 7.89. The third-order valence-corrected chi connectivity index (χ3v) is 6.17. The fourth-order valence-corrected chi connectivity index (χ4v) is 4.92. The van der Waals surface area contributed by atoms with Gasteiger partial charge in [0.2, 0.25) is 15.9 Å². The number of hydrogen-bond donors (Lipinski definition) is 1. The lowest BCUT2D eigenvalue weighted by molar-refractivity contribution is -0.122. The van der Waals surface area contributed by atoms with Crippen LogP contribution < -0.4 is 4.72 Å². The highest BCUT2D eigenvalue weighted by Crippen LogP contribution is 2.33. The van der Waals surface area contributed by atoms with Crippen molar-refractivity contribution in [3.05, 3.63) is 57.3 Å². The predicted molar refractivity (Wildman–Crippen MR) is 93.3 cm³/mol. The van der Waals surface area contributed by atoms with Crippen LogP contribution in [0, 0.1) is 11.3 Å². The van der Waals surface area contributed by atoms with E-state index >= 15 is 0 Å². The van der Waals surface area contributed by atoms with Crippen molar-refractivity contribution in [1.29, 1.82) is 5.26 Å². The largest absolute Gasteiger partial charge is 0.372 e. The molecule has 0 spiro atoms. The number of amides is 1. The number of hydrogen-bond acceptors (Lipinski definition) is 6. The van der Waals surface area contributed by atoms with Crippen molar-refractivity contribution in [3.8, 4) is 6.07 Å². The van der Waals surface area contributed by atoms with Gasteiger partial charge in [-0.15, -0.1) is 11.3 Å². The van der Waals surface area contributed by atoms with E-state index in [1.165, 1.54) is 11.3 Å². The first-order valence-electron chi connectivity index (χ1n) is 7.68. The topological polar surface area (TPSA) is 96.3 Å². The van der Waals surface area contributed by atoms with Gasteiger partial charge in [0.1, 0.15) is 6.10 Å². The zero-order valence-corrected chi connectivity index (χ0v) is 14.9. The molecular formula is C17H16N2O4S2. The quantitative estimate of drug-likeness (QED) is 0.863. The number of rotatable bonds is 5. The summed E-state index contributed by atoms with van der Waals surface area (Å²) in [5.74, 6) is -1.03. The zero-order valence-electron chi connectivity index (χ0n) is 13.3. The molecule has 0 fully saturated rings. The lowest BCUT2D eigenvalue weighted by Crippen LogP contribution is -2.33. The maximum absolute atomic E-state index is 12.2. The van der Waals surface area contributed by atoms with E-state index in [4.69, 9.17) is 10.00 Å². The molecule has 1 aliphatic heterocycles. The third-order valence-electron chi connectivity index (χ3n) is 3.89. The van der Waals surface area contributed by atoms with Crippen molar-refractivity contribution in [2.45, 2.75) is 24.7 Å². The molecule has 0 bridgehead atoms. The van der Waals surface area contributed by atoms with E-state index in [1.807, 2.05) is 17.5 Å². The number of thiophene rings is 1. The molecule has 0 saturated carbocycles. The van der Waals surface area contributed by atoms with E-state index < -0.39 is 27.8 Å². The first kappa shape index (κ1) is 17.6. The maximum Gasteiger partial charge on any atom is 0.239 e. The predicted octanol–water partition coefficient (Wildman–Crippen LogP) is 2.27.